The summed E-state index contributed by atoms with van der Waals surface area (Å²) in [6, 6.07) is 15.2. The third-order valence-electron chi connectivity index (χ3n) is 6.66. The molecule has 2 aromatic carbocycles. The molecule has 0 unspecified atom stereocenters. The molecule has 0 radical (unpaired) electrons. The monoisotopic (exact) mass is 528 g/mol. The molecule has 3 aliphatic rings. The molecule has 2 heterocycles. The van der Waals surface area contributed by atoms with Crippen molar-refractivity contribution in [1.82, 2.24) is 9.64 Å². The van der Waals surface area contributed by atoms with Gasteiger partial charge in [0.2, 0.25) is 5.36 Å². The standard InChI is InChI=1S/C29H25N3O7/c1-30(2)17-6-9-20-23(14-17)38-24-15-18(31(3)4)7-10-21(24)27(20)22-13-16(5-8-19(22)28(35)36)29(37)39-32-25(33)11-12-26(32)34/h5-10,13-15H,11-12H2,1-4H3/p+1. The molecule has 1 N–H and O–H groups in total. The summed E-state index contributed by atoms with van der Waals surface area (Å²) in [5.74, 6) is -2.82. The highest BCUT2D eigenvalue weighted by atomic mass is 16.7. The zero-order valence-corrected chi connectivity index (χ0v) is 21.8. The highest BCUT2D eigenvalue weighted by Crippen LogP contribution is 2.42. The van der Waals surface area contributed by atoms with E-state index in [1.165, 1.54) is 18.2 Å². The number of rotatable bonds is 5. The second kappa shape index (κ2) is 9.71. The number of nitrogens with zero attached hydrogens (tertiary/aromatic N) is 3. The molecular weight excluding hydrogens is 502 g/mol. The molecule has 39 heavy (non-hydrogen) atoms. The van der Waals surface area contributed by atoms with Crippen LogP contribution in [0, 0.1) is 0 Å². The van der Waals surface area contributed by atoms with E-state index in [-0.39, 0.29) is 29.5 Å². The van der Waals surface area contributed by atoms with Gasteiger partial charge in [0.1, 0.15) is 25.4 Å². The summed E-state index contributed by atoms with van der Waals surface area (Å²) < 4.78 is 8.23. The molecule has 10 nitrogen and oxygen atoms in total. The lowest BCUT2D eigenvalue weighted by Gasteiger charge is -2.19. The molecule has 2 aliphatic heterocycles. The first-order valence-corrected chi connectivity index (χ1v) is 12.2. The largest absolute Gasteiger partial charge is 0.478 e. The van der Waals surface area contributed by atoms with Crippen molar-refractivity contribution in [2.45, 2.75) is 12.8 Å². The SMILES string of the molecule is CN(C)c1ccc2c(-c3cc(C(=O)ON4C(=O)CCC4=O)ccc3C(=O)O)c3ccc(=[N+](C)C)cc-3oc2c1. The quantitative estimate of drug-likeness (QED) is 0.238. The van der Waals surface area contributed by atoms with Crippen LogP contribution in [0.4, 0.5) is 5.69 Å². The molecule has 1 saturated heterocycles. The normalized spacial score (nSPS) is 13.3. The van der Waals surface area contributed by atoms with Crippen LogP contribution in [0.5, 0.6) is 0 Å². The van der Waals surface area contributed by atoms with Crippen molar-refractivity contribution in [2.24, 2.45) is 0 Å². The molecule has 0 saturated carbocycles. The van der Waals surface area contributed by atoms with Gasteiger partial charge in [-0.1, -0.05) is 0 Å². The molecule has 0 atom stereocenters. The molecule has 1 fully saturated rings. The number of amides is 2. The average Bonchev–Trinajstić information content (AvgIpc) is 3.22. The van der Waals surface area contributed by atoms with E-state index in [2.05, 4.69) is 0 Å². The minimum Gasteiger partial charge on any atom is -0.478 e. The van der Waals surface area contributed by atoms with Crippen molar-refractivity contribution in [2.75, 3.05) is 33.1 Å². The molecule has 2 amide bonds. The van der Waals surface area contributed by atoms with E-state index >= 15 is 0 Å². The highest BCUT2D eigenvalue weighted by Gasteiger charge is 2.33. The number of aromatic carboxylic acids is 1. The molecule has 1 aliphatic carbocycles. The lowest BCUT2D eigenvalue weighted by molar-refractivity contribution is -0.172. The Morgan fingerprint density at radius 3 is 2.31 bits per heavy atom. The van der Waals surface area contributed by atoms with Gasteiger partial charge in [-0.3, -0.25) is 9.59 Å². The van der Waals surface area contributed by atoms with Crippen molar-refractivity contribution in [3.8, 4) is 22.5 Å². The molecular formula is C29H26N3O7+. The third-order valence-corrected chi connectivity index (χ3v) is 6.66. The number of imide groups is 1. The predicted molar refractivity (Wildman–Crippen MR) is 143 cm³/mol. The third kappa shape index (κ3) is 4.61. The molecule has 0 bridgehead atoms. The Balaban J connectivity index is 1.77. The summed E-state index contributed by atoms with van der Waals surface area (Å²) in [7, 11) is 7.61. The Hall–Kier alpha value is -4.99. The van der Waals surface area contributed by atoms with Gasteiger partial charge in [-0.25, -0.2) is 14.2 Å². The van der Waals surface area contributed by atoms with Gasteiger partial charge in [-0.2, -0.15) is 0 Å². The molecule has 198 valence electrons. The van der Waals surface area contributed by atoms with Gasteiger partial charge in [0.25, 0.3) is 11.8 Å². The number of anilines is 1. The maximum atomic E-state index is 13.0. The van der Waals surface area contributed by atoms with Gasteiger partial charge in [0.05, 0.1) is 17.2 Å². The van der Waals surface area contributed by atoms with Gasteiger partial charge in [-0.05, 0) is 42.0 Å². The second-order valence-corrected chi connectivity index (χ2v) is 9.65. The lowest BCUT2D eigenvalue weighted by atomic mass is 9.89. The van der Waals surface area contributed by atoms with Crippen LogP contribution < -0.4 is 14.8 Å². The Kier molecular flexibility index (Phi) is 6.39. The minimum atomic E-state index is -1.19. The Labute approximate surface area is 223 Å². The van der Waals surface area contributed by atoms with Crippen LogP contribution in [-0.2, 0) is 14.4 Å². The smallest absolute Gasteiger partial charge is 0.363 e. The highest BCUT2D eigenvalue weighted by molar-refractivity contribution is 6.09. The number of benzene rings is 3. The van der Waals surface area contributed by atoms with Gasteiger partial charge in [-0.15, -0.1) is 5.06 Å². The first-order valence-electron chi connectivity index (χ1n) is 12.2. The van der Waals surface area contributed by atoms with Crippen LogP contribution in [0.2, 0.25) is 0 Å². The average molecular weight is 529 g/mol. The Morgan fingerprint density at radius 2 is 1.67 bits per heavy atom. The number of hydroxylamine groups is 2. The van der Waals surface area contributed by atoms with Crippen molar-refractivity contribution < 1.29 is 33.5 Å². The van der Waals surface area contributed by atoms with Gasteiger partial charge < -0.3 is 19.3 Å². The fourth-order valence-corrected chi connectivity index (χ4v) is 4.57. The summed E-state index contributed by atoms with van der Waals surface area (Å²) >= 11 is 0. The van der Waals surface area contributed by atoms with E-state index in [0.717, 1.165) is 11.0 Å². The van der Waals surface area contributed by atoms with E-state index in [4.69, 9.17) is 9.25 Å². The first kappa shape index (κ1) is 25.7. The fourth-order valence-electron chi connectivity index (χ4n) is 4.57. The lowest BCUT2D eigenvalue weighted by Crippen LogP contribution is -2.32. The van der Waals surface area contributed by atoms with Crippen LogP contribution in [0.3, 0.4) is 0 Å². The van der Waals surface area contributed by atoms with E-state index < -0.39 is 23.8 Å². The zero-order valence-electron chi connectivity index (χ0n) is 21.8. The van der Waals surface area contributed by atoms with Crippen LogP contribution in [0.25, 0.3) is 33.4 Å². The van der Waals surface area contributed by atoms with Crippen molar-refractivity contribution in [3.05, 3.63) is 71.1 Å². The first-order chi connectivity index (χ1) is 18.5. The van der Waals surface area contributed by atoms with Crippen LogP contribution in [0.15, 0.2) is 59.0 Å². The molecule has 2 aromatic rings. The van der Waals surface area contributed by atoms with Crippen LogP contribution in [-0.4, -0.2) is 62.1 Å². The summed E-state index contributed by atoms with van der Waals surface area (Å²) in [6.45, 7) is 0. The number of hydrogen-bond donors (Lipinski definition) is 1. The summed E-state index contributed by atoms with van der Waals surface area (Å²) in [5, 5.41) is 12.1. The molecule has 0 aromatic heterocycles. The van der Waals surface area contributed by atoms with E-state index in [1.54, 1.807) is 0 Å². The zero-order chi connectivity index (χ0) is 28.0. The molecule has 10 heteroatoms. The molecule has 0 spiro atoms. The fraction of sp³-hybridized carbons (Fsp3) is 0.207. The number of carboxylic acid groups (broad SMARTS) is 1. The van der Waals surface area contributed by atoms with Crippen molar-refractivity contribution in [1.29, 1.82) is 0 Å². The maximum Gasteiger partial charge on any atom is 0.363 e. The van der Waals surface area contributed by atoms with Gasteiger partial charge >= 0.3 is 11.9 Å². The number of fused-ring (bicyclic) bond motifs is 2. The van der Waals surface area contributed by atoms with Crippen LogP contribution in [0.1, 0.15) is 33.6 Å². The summed E-state index contributed by atoms with van der Waals surface area (Å²) in [4.78, 5) is 56.3. The van der Waals surface area contributed by atoms with E-state index in [9.17, 15) is 24.3 Å². The van der Waals surface area contributed by atoms with Crippen molar-refractivity contribution >= 4 is 40.4 Å². The molecule has 5 rings (SSSR count). The number of hydrogen-bond acceptors (Lipinski definition) is 7. The van der Waals surface area contributed by atoms with E-state index in [0.29, 0.717) is 32.9 Å². The number of carbonyl (C=O) groups excluding carboxylic acids is 3. The second-order valence-electron chi connectivity index (χ2n) is 9.65. The predicted octanol–water partition coefficient (Wildman–Crippen LogP) is 3.22. The Bertz CT molecular complexity index is 1710. The van der Waals surface area contributed by atoms with Gasteiger partial charge in [0.15, 0.2) is 0 Å². The number of carbonyl (C=O) groups is 4. The van der Waals surface area contributed by atoms with Crippen LogP contribution >= 0.6 is 0 Å². The maximum absolute atomic E-state index is 13.0. The number of carboxylic acids is 1. The summed E-state index contributed by atoms with van der Waals surface area (Å²) in [6.07, 6.45) is -0.0740. The summed E-state index contributed by atoms with van der Waals surface area (Å²) in [5.41, 5.74) is 2.82. The Morgan fingerprint density at radius 1 is 0.949 bits per heavy atom. The van der Waals surface area contributed by atoms with Gasteiger partial charge in [0, 0.05) is 61.3 Å². The topological polar surface area (TPSA) is 120 Å². The van der Waals surface area contributed by atoms with E-state index in [1.807, 2.05) is 74.1 Å². The minimum absolute atomic E-state index is 0.0144. The van der Waals surface area contributed by atoms with Crippen molar-refractivity contribution in [3.63, 3.8) is 0 Å².